The summed E-state index contributed by atoms with van der Waals surface area (Å²) in [6.45, 7) is 8.02. The summed E-state index contributed by atoms with van der Waals surface area (Å²) < 4.78 is 11.4. The lowest BCUT2D eigenvalue weighted by atomic mass is 9.82. The molecular weight excluding hydrogens is 250 g/mol. The van der Waals surface area contributed by atoms with Crippen molar-refractivity contribution >= 4 is 0 Å². The average Bonchev–Trinajstić information content (AvgIpc) is 2.92. The van der Waals surface area contributed by atoms with Crippen molar-refractivity contribution in [3.05, 3.63) is 30.3 Å². The van der Waals surface area contributed by atoms with Gasteiger partial charge in [0.15, 0.2) is 0 Å². The molecule has 3 nitrogen and oxygen atoms in total. The van der Waals surface area contributed by atoms with Gasteiger partial charge in [0.1, 0.15) is 5.75 Å². The standard InChI is InChI=1S/C17H27NO2/c1-15(2)18-13-17(10-12-19-14-17)9-6-11-20-16-7-4-3-5-8-16/h3-5,7-8,15,18H,6,9-14H2,1-2H3. The normalized spacial score (nSPS) is 22.4. The van der Waals surface area contributed by atoms with E-state index < -0.39 is 0 Å². The molecule has 0 bridgehead atoms. The van der Waals surface area contributed by atoms with Crippen LogP contribution in [0.4, 0.5) is 0 Å². The highest BCUT2D eigenvalue weighted by atomic mass is 16.5. The second-order valence-electron chi connectivity index (χ2n) is 6.10. The molecule has 1 aromatic rings. The van der Waals surface area contributed by atoms with E-state index in [9.17, 15) is 0 Å². The van der Waals surface area contributed by atoms with Crippen LogP contribution in [0.15, 0.2) is 30.3 Å². The Kier molecular flexibility index (Phi) is 5.86. The molecule has 112 valence electrons. The minimum Gasteiger partial charge on any atom is -0.494 e. The number of benzene rings is 1. The molecule has 1 aliphatic rings. The summed E-state index contributed by atoms with van der Waals surface area (Å²) in [7, 11) is 0. The second-order valence-corrected chi connectivity index (χ2v) is 6.10. The molecule has 1 N–H and O–H groups in total. The number of ether oxygens (including phenoxy) is 2. The van der Waals surface area contributed by atoms with Gasteiger partial charge in [-0.15, -0.1) is 0 Å². The summed E-state index contributed by atoms with van der Waals surface area (Å²) in [4.78, 5) is 0. The summed E-state index contributed by atoms with van der Waals surface area (Å²) in [5.74, 6) is 0.963. The Morgan fingerprint density at radius 1 is 1.30 bits per heavy atom. The van der Waals surface area contributed by atoms with Crippen molar-refractivity contribution in [1.29, 1.82) is 0 Å². The third-order valence-electron chi connectivity index (χ3n) is 3.93. The molecule has 0 amide bonds. The predicted octanol–water partition coefficient (Wildman–Crippen LogP) is 3.25. The van der Waals surface area contributed by atoms with E-state index in [1.54, 1.807) is 0 Å². The van der Waals surface area contributed by atoms with Crippen LogP contribution in [0.2, 0.25) is 0 Å². The van der Waals surface area contributed by atoms with Crippen LogP contribution >= 0.6 is 0 Å². The van der Waals surface area contributed by atoms with Crippen molar-refractivity contribution in [2.75, 3.05) is 26.4 Å². The Labute approximate surface area is 122 Å². The van der Waals surface area contributed by atoms with Crippen molar-refractivity contribution < 1.29 is 9.47 Å². The summed E-state index contributed by atoms with van der Waals surface area (Å²) in [6, 6.07) is 10.6. The van der Waals surface area contributed by atoms with E-state index in [2.05, 4.69) is 19.2 Å². The third kappa shape index (κ3) is 4.80. The van der Waals surface area contributed by atoms with Crippen molar-refractivity contribution in [3.63, 3.8) is 0 Å². The maximum atomic E-state index is 5.78. The zero-order valence-corrected chi connectivity index (χ0v) is 12.7. The van der Waals surface area contributed by atoms with Gasteiger partial charge in [-0.05, 0) is 31.4 Å². The molecule has 2 rings (SSSR count). The molecule has 1 fully saturated rings. The van der Waals surface area contributed by atoms with Crippen LogP contribution in [0.1, 0.15) is 33.1 Å². The quantitative estimate of drug-likeness (QED) is 0.740. The third-order valence-corrected chi connectivity index (χ3v) is 3.93. The lowest BCUT2D eigenvalue weighted by Gasteiger charge is -2.29. The molecule has 0 aromatic heterocycles. The van der Waals surface area contributed by atoms with Gasteiger partial charge in [-0.25, -0.2) is 0 Å². The van der Waals surface area contributed by atoms with Crippen LogP contribution in [-0.2, 0) is 4.74 Å². The molecule has 20 heavy (non-hydrogen) atoms. The maximum absolute atomic E-state index is 5.78. The van der Waals surface area contributed by atoms with Crippen LogP contribution < -0.4 is 10.1 Å². The van der Waals surface area contributed by atoms with E-state index in [0.29, 0.717) is 11.5 Å². The zero-order valence-electron chi connectivity index (χ0n) is 12.7. The van der Waals surface area contributed by atoms with Gasteiger partial charge in [0.05, 0.1) is 13.2 Å². The number of hydrogen-bond donors (Lipinski definition) is 1. The van der Waals surface area contributed by atoms with Gasteiger partial charge in [-0.3, -0.25) is 0 Å². The highest BCUT2D eigenvalue weighted by Gasteiger charge is 2.34. The topological polar surface area (TPSA) is 30.5 Å². The van der Waals surface area contributed by atoms with Gasteiger partial charge in [-0.2, -0.15) is 0 Å². The predicted molar refractivity (Wildman–Crippen MR) is 82.2 cm³/mol. The Balaban J connectivity index is 1.72. The van der Waals surface area contributed by atoms with Crippen molar-refractivity contribution in [2.24, 2.45) is 5.41 Å². The Hall–Kier alpha value is -1.06. The highest BCUT2D eigenvalue weighted by Crippen LogP contribution is 2.33. The molecule has 1 heterocycles. The first-order valence-corrected chi connectivity index (χ1v) is 7.69. The van der Waals surface area contributed by atoms with E-state index in [4.69, 9.17) is 9.47 Å². The van der Waals surface area contributed by atoms with Crippen LogP contribution in [0.3, 0.4) is 0 Å². The summed E-state index contributed by atoms with van der Waals surface area (Å²) in [6.07, 6.45) is 3.41. The van der Waals surface area contributed by atoms with E-state index in [-0.39, 0.29) is 0 Å². The molecule has 0 radical (unpaired) electrons. The fraction of sp³-hybridized carbons (Fsp3) is 0.647. The number of para-hydroxylation sites is 1. The van der Waals surface area contributed by atoms with E-state index in [1.807, 2.05) is 30.3 Å². The monoisotopic (exact) mass is 277 g/mol. The van der Waals surface area contributed by atoms with Gasteiger partial charge in [0, 0.05) is 24.6 Å². The highest BCUT2D eigenvalue weighted by molar-refractivity contribution is 5.20. The molecule has 1 unspecified atom stereocenters. The molecule has 1 atom stereocenters. The first-order chi connectivity index (χ1) is 9.70. The first-order valence-electron chi connectivity index (χ1n) is 7.69. The summed E-state index contributed by atoms with van der Waals surface area (Å²) in [5.41, 5.74) is 0.310. The second kappa shape index (κ2) is 7.65. The molecule has 1 aliphatic heterocycles. The van der Waals surface area contributed by atoms with Gasteiger partial charge in [0.2, 0.25) is 0 Å². The fourth-order valence-corrected chi connectivity index (χ4v) is 2.65. The lowest BCUT2D eigenvalue weighted by Crippen LogP contribution is -2.38. The lowest BCUT2D eigenvalue weighted by molar-refractivity contribution is 0.136. The fourth-order valence-electron chi connectivity index (χ4n) is 2.65. The molecule has 0 aliphatic carbocycles. The number of hydrogen-bond acceptors (Lipinski definition) is 3. The van der Waals surface area contributed by atoms with Crippen LogP contribution in [0.25, 0.3) is 0 Å². The van der Waals surface area contributed by atoms with Crippen LogP contribution in [-0.4, -0.2) is 32.4 Å². The van der Waals surface area contributed by atoms with Gasteiger partial charge in [0.25, 0.3) is 0 Å². The van der Waals surface area contributed by atoms with Crippen molar-refractivity contribution in [1.82, 2.24) is 5.32 Å². The molecular formula is C17H27NO2. The smallest absolute Gasteiger partial charge is 0.119 e. The summed E-state index contributed by atoms with van der Waals surface area (Å²) >= 11 is 0. The minimum atomic E-state index is 0.310. The molecule has 1 saturated heterocycles. The van der Waals surface area contributed by atoms with E-state index in [1.165, 1.54) is 6.42 Å². The number of rotatable bonds is 8. The van der Waals surface area contributed by atoms with E-state index in [0.717, 1.165) is 45.0 Å². The summed E-state index contributed by atoms with van der Waals surface area (Å²) in [5, 5.41) is 3.57. The molecule has 0 saturated carbocycles. The Morgan fingerprint density at radius 3 is 2.75 bits per heavy atom. The largest absolute Gasteiger partial charge is 0.494 e. The van der Waals surface area contributed by atoms with E-state index >= 15 is 0 Å². The van der Waals surface area contributed by atoms with Crippen LogP contribution in [0.5, 0.6) is 5.75 Å². The Morgan fingerprint density at radius 2 is 2.10 bits per heavy atom. The van der Waals surface area contributed by atoms with Gasteiger partial charge in [-0.1, -0.05) is 32.0 Å². The molecule has 3 heteroatoms. The number of nitrogens with one attached hydrogen (secondary N) is 1. The average molecular weight is 277 g/mol. The Bertz CT molecular complexity index is 372. The van der Waals surface area contributed by atoms with Crippen molar-refractivity contribution in [2.45, 2.75) is 39.2 Å². The zero-order chi connectivity index (χ0) is 14.3. The molecule has 1 aromatic carbocycles. The SMILES string of the molecule is CC(C)NCC1(CCCOc2ccccc2)CCOC1. The first kappa shape index (κ1) is 15.3. The van der Waals surface area contributed by atoms with Gasteiger partial charge >= 0.3 is 0 Å². The van der Waals surface area contributed by atoms with Crippen molar-refractivity contribution in [3.8, 4) is 5.75 Å². The van der Waals surface area contributed by atoms with Gasteiger partial charge < -0.3 is 14.8 Å². The maximum Gasteiger partial charge on any atom is 0.119 e. The molecule has 0 spiro atoms. The minimum absolute atomic E-state index is 0.310. The van der Waals surface area contributed by atoms with Crippen LogP contribution in [0, 0.1) is 5.41 Å².